The Kier molecular flexibility index (Phi) is 9.43. The standard InChI is InChI=1S/C30H28F2N6O4/c1-40-25-10-4-19(5-11-25)29(39)36-26-16-20(12-13-33-26)21-15-24(3-2-14-41-18-28-37-30(32)42-38-28)35-27(17-21)34-23-8-6-22(31)7-9-23/h6-9,12-13,15-17,19,25H,4-5,10-11,14,18H2,1H3,(H,34,35)(H,33,36,39)/t19-,25+. The fourth-order valence-electron chi connectivity index (χ4n) is 4.59. The smallest absolute Gasteiger partial charge is 0.381 e. The fourth-order valence-corrected chi connectivity index (χ4v) is 4.59. The third-order valence-electron chi connectivity index (χ3n) is 6.73. The van der Waals surface area contributed by atoms with Crippen molar-refractivity contribution in [1.29, 1.82) is 0 Å². The average Bonchev–Trinajstić information content (AvgIpc) is 3.43. The number of benzene rings is 1. The maximum atomic E-state index is 13.4. The number of nitrogens with zero attached hydrogens (tertiary/aromatic N) is 4. The minimum Gasteiger partial charge on any atom is -0.381 e. The number of halogens is 2. The first-order valence-electron chi connectivity index (χ1n) is 13.3. The van der Waals surface area contributed by atoms with Crippen LogP contribution in [0.4, 0.5) is 26.1 Å². The molecule has 1 aliphatic rings. The van der Waals surface area contributed by atoms with E-state index < -0.39 is 6.14 Å². The highest BCUT2D eigenvalue weighted by molar-refractivity contribution is 5.92. The van der Waals surface area contributed by atoms with Gasteiger partial charge in [-0.1, -0.05) is 11.1 Å². The molecule has 2 N–H and O–H groups in total. The zero-order valence-corrected chi connectivity index (χ0v) is 22.8. The lowest BCUT2D eigenvalue weighted by Gasteiger charge is -2.26. The van der Waals surface area contributed by atoms with E-state index in [-0.39, 0.29) is 42.8 Å². The number of pyridine rings is 2. The van der Waals surface area contributed by atoms with Gasteiger partial charge >= 0.3 is 6.14 Å². The van der Waals surface area contributed by atoms with Gasteiger partial charge < -0.3 is 24.6 Å². The third kappa shape index (κ3) is 7.93. The van der Waals surface area contributed by atoms with Crippen LogP contribution >= 0.6 is 0 Å². The predicted molar refractivity (Wildman–Crippen MR) is 149 cm³/mol. The molecule has 0 saturated heterocycles. The van der Waals surface area contributed by atoms with Gasteiger partial charge in [0, 0.05) is 24.9 Å². The number of hydrogen-bond donors (Lipinski definition) is 2. The second-order valence-corrected chi connectivity index (χ2v) is 9.64. The number of carbonyl (C=O) groups excluding carboxylic acids is 1. The zero-order valence-electron chi connectivity index (χ0n) is 22.8. The van der Waals surface area contributed by atoms with Crippen LogP contribution in [0.5, 0.6) is 0 Å². The van der Waals surface area contributed by atoms with E-state index in [0.717, 1.165) is 36.8 Å². The Hall–Kier alpha value is -4.73. The van der Waals surface area contributed by atoms with E-state index >= 15 is 0 Å². The molecular formula is C30H28F2N6O4. The van der Waals surface area contributed by atoms with Crippen molar-refractivity contribution in [1.82, 2.24) is 20.1 Å². The molecule has 0 bridgehead atoms. The van der Waals surface area contributed by atoms with Gasteiger partial charge in [-0.05, 0) is 91.3 Å². The molecule has 0 spiro atoms. The van der Waals surface area contributed by atoms with E-state index in [1.165, 1.54) is 12.1 Å². The zero-order chi connectivity index (χ0) is 29.3. The van der Waals surface area contributed by atoms with Crippen molar-refractivity contribution in [3.05, 3.63) is 78.2 Å². The Morgan fingerprint density at radius 3 is 2.55 bits per heavy atom. The Labute approximate surface area is 240 Å². The lowest BCUT2D eigenvalue weighted by molar-refractivity contribution is -0.121. The molecule has 1 saturated carbocycles. The van der Waals surface area contributed by atoms with Gasteiger partial charge in [-0.15, -0.1) is 4.39 Å². The van der Waals surface area contributed by atoms with Gasteiger partial charge in [0.2, 0.25) is 5.91 Å². The molecule has 0 radical (unpaired) electrons. The van der Waals surface area contributed by atoms with Crippen LogP contribution in [0.25, 0.3) is 11.1 Å². The van der Waals surface area contributed by atoms with Crippen LogP contribution in [0.3, 0.4) is 0 Å². The first-order valence-corrected chi connectivity index (χ1v) is 13.3. The van der Waals surface area contributed by atoms with Gasteiger partial charge in [0.15, 0.2) is 5.82 Å². The van der Waals surface area contributed by atoms with Gasteiger partial charge in [-0.2, -0.15) is 4.98 Å². The third-order valence-corrected chi connectivity index (χ3v) is 6.73. The molecule has 5 rings (SSSR count). The SMILES string of the molecule is CO[C@H]1CC[C@@H](C(=O)Nc2cc(-c3cc(C#CCOCc4noc(F)n4)nc(Nc4ccc(F)cc4)c3)ccn2)CC1. The van der Waals surface area contributed by atoms with Crippen molar-refractivity contribution in [3.63, 3.8) is 0 Å². The van der Waals surface area contributed by atoms with Crippen molar-refractivity contribution in [3.8, 4) is 23.0 Å². The van der Waals surface area contributed by atoms with Gasteiger partial charge in [0.25, 0.3) is 0 Å². The molecular weight excluding hydrogens is 546 g/mol. The van der Waals surface area contributed by atoms with Crippen LogP contribution in [0.1, 0.15) is 37.2 Å². The number of hydrogen-bond acceptors (Lipinski definition) is 9. The summed E-state index contributed by atoms with van der Waals surface area (Å²) in [6.07, 6.45) is 4.05. The first kappa shape index (κ1) is 28.8. The second-order valence-electron chi connectivity index (χ2n) is 9.64. The van der Waals surface area contributed by atoms with Crippen LogP contribution in [0.2, 0.25) is 0 Å². The minimum absolute atomic E-state index is 0.0144. The molecule has 12 heteroatoms. The number of ether oxygens (including phenoxy) is 2. The van der Waals surface area contributed by atoms with Crippen molar-refractivity contribution in [2.45, 2.75) is 38.4 Å². The number of carbonyl (C=O) groups is 1. The highest BCUT2D eigenvalue weighted by atomic mass is 19.1. The quantitative estimate of drug-likeness (QED) is 0.203. The highest BCUT2D eigenvalue weighted by Crippen LogP contribution is 2.29. The lowest BCUT2D eigenvalue weighted by atomic mass is 9.87. The van der Waals surface area contributed by atoms with E-state index in [2.05, 4.69) is 47.1 Å². The van der Waals surface area contributed by atoms with E-state index in [4.69, 9.17) is 9.47 Å². The summed E-state index contributed by atoms with van der Waals surface area (Å²) in [6, 6.07) is 13.1. The van der Waals surface area contributed by atoms with Gasteiger partial charge in [0.1, 0.15) is 36.4 Å². The maximum Gasteiger partial charge on any atom is 0.405 e. The molecule has 3 aromatic heterocycles. The van der Waals surface area contributed by atoms with E-state index in [1.54, 1.807) is 37.6 Å². The number of amides is 1. The fraction of sp³-hybridized carbons (Fsp3) is 0.300. The van der Waals surface area contributed by atoms with Crippen LogP contribution in [-0.2, 0) is 20.9 Å². The number of rotatable bonds is 9. The molecule has 1 aliphatic carbocycles. The number of nitrogens with one attached hydrogen (secondary N) is 2. The Balaban J connectivity index is 1.33. The number of aromatic nitrogens is 4. The minimum atomic E-state index is -1.03. The number of methoxy groups -OCH3 is 1. The number of anilines is 3. The average molecular weight is 575 g/mol. The van der Waals surface area contributed by atoms with Crippen LogP contribution in [0, 0.1) is 29.7 Å². The first-order chi connectivity index (χ1) is 20.4. The topological polar surface area (TPSA) is 124 Å². The molecule has 4 aromatic rings. The van der Waals surface area contributed by atoms with Crippen LogP contribution in [0.15, 0.2) is 59.3 Å². The second kappa shape index (κ2) is 13.8. The van der Waals surface area contributed by atoms with Crippen LogP contribution in [-0.4, -0.2) is 45.8 Å². The largest absolute Gasteiger partial charge is 0.405 e. The summed E-state index contributed by atoms with van der Waals surface area (Å²) in [5, 5.41) is 9.54. The van der Waals surface area contributed by atoms with Crippen molar-refractivity contribution < 1.29 is 27.6 Å². The molecule has 1 amide bonds. The highest BCUT2D eigenvalue weighted by Gasteiger charge is 2.26. The van der Waals surface area contributed by atoms with Crippen molar-refractivity contribution in [2.24, 2.45) is 5.92 Å². The molecule has 3 heterocycles. The van der Waals surface area contributed by atoms with E-state index in [0.29, 0.717) is 23.0 Å². The molecule has 1 aromatic carbocycles. The predicted octanol–water partition coefficient (Wildman–Crippen LogP) is 5.26. The Morgan fingerprint density at radius 2 is 1.81 bits per heavy atom. The molecule has 216 valence electrons. The molecule has 1 fully saturated rings. The van der Waals surface area contributed by atoms with E-state index in [9.17, 15) is 13.6 Å². The summed E-state index contributed by atoms with van der Waals surface area (Å²) in [4.78, 5) is 25.2. The summed E-state index contributed by atoms with van der Waals surface area (Å²) < 4.78 is 41.3. The normalized spacial score (nSPS) is 16.4. The molecule has 0 aliphatic heterocycles. The van der Waals surface area contributed by atoms with Gasteiger partial charge in [-0.25, -0.2) is 14.4 Å². The maximum absolute atomic E-state index is 13.4. The summed E-state index contributed by atoms with van der Waals surface area (Å²) in [7, 11) is 1.70. The van der Waals surface area contributed by atoms with Crippen LogP contribution < -0.4 is 10.6 Å². The van der Waals surface area contributed by atoms with Gasteiger partial charge in [-0.3, -0.25) is 4.79 Å². The monoisotopic (exact) mass is 574 g/mol. The van der Waals surface area contributed by atoms with Crippen molar-refractivity contribution >= 4 is 23.2 Å². The molecule has 0 unspecified atom stereocenters. The summed E-state index contributed by atoms with van der Waals surface area (Å²) in [5.74, 6) is 6.32. The van der Waals surface area contributed by atoms with E-state index in [1.807, 2.05) is 12.1 Å². The van der Waals surface area contributed by atoms with Gasteiger partial charge in [0.05, 0.1) is 6.10 Å². The Morgan fingerprint density at radius 1 is 1.02 bits per heavy atom. The summed E-state index contributed by atoms with van der Waals surface area (Å²) in [6.45, 7) is -0.0488. The summed E-state index contributed by atoms with van der Waals surface area (Å²) >= 11 is 0. The van der Waals surface area contributed by atoms with Crippen molar-refractivity contribution in [2.75, 3.05) is 24.4 Å². The molecule has 10 nitrogen and oxygen atoms in total. The molecule has 0 atom stereocenters. The lowest BCUT2D eigenvalue weighted by Crippen LogP contribution is -2.29. The molecule has 42 heavy (non-hydrogen) atoms. The Bertz CT molecular complexity index is 1580. The summed E-state index contributed by atoms with van der Waals surface area (Å²) in [5.41, 5.74) is 2.62.